The fourth-order valence-corrected chi connectivity index (χ4v) is 7.37. The van der Waals surface area contributed by atoms with E-state index in [1.807, 2.05) is 76.1 Å². The molecule has 3 aromatic rings. The Bertz CT molecular complexity index is 2160. The van der Waals surface area contributed by atoms with Crippen LogP contribution in [0.3, 0.4) is 0 Å². The number of carboxylic acids is 1. The van der Waals surface area contributed by atoms with Gasteiger partial charge in [0.15, 0.2) is 0 Å². The van der Waals surface area contributed by atoms with Crippen LogP contribution < -0.4 is 20.6 Å². The van der Waals surface area contributed by atoms with Gasteiger partial charge in [-0.05, 0) is 84.1 Å². The van der Waals surface area contributed by atoms with E-state index in [1.54, 1.807) is 6.92 Å². The summed E-state index contributed by atoms with van der Waals surface area (Å²) < 4.78 is 0. The van der Waals surface area contributed by atoms with E-state index in [-0.39, 0.29) is 64.6 Å². The van der Waals surface area contributed by atoms with Gasteiger partial charge in [0.1, 0.15) is 0 Å². The maximum Gasteiger partial charge on any atom is 2.00 e. The standard InChI is InChI=1S/C42H56N8O4.Cu/c1-11-27-23(3)31-20-33-25(5)29(13-14-37(51)43-15-17-49(7)8)40(47-33)30(19-38(52)44-16-18-50(9)10)41-39(42(53)54)26(6)34(48-41)22-36-28(12-2)24(4)32(46-36)21-35(27)45-31;/h11,20-22,25,29H,1,12-19H2,2-10H3,(H5,43,44,45,46,47,48,51,52,53,54);/q;+2/p-2/t25-,29-;/m0./s1. The first-order chi connectivity index (χ1) is 25.6. The molecule has 0 aromatic carbocycles. The predicted octanol–water partition coefficient (Wildman–Crippen LogP) is 5.43. The first-order valence-electron chi connectivity index (χ1n) is 18.7. The van der Waals surface area contributed by atoms with E-state index in [0.29, 0.717) is 67.1 Å². The predicted molar refractivity (Wildman–Crippen MR) is 215 cm³/mol. The summed E-state index contributed by atoms with van der Waals surface area (Å²) in [6.45, 7) is 16.3. The molecule has 2 amide bonds. The number of amides is 2. The maximum absolute atomic E-state index is 13.7. The van der Waals surface area contributed by atoms with Crippen molar-refractivity contribution in [3.63, 3.8) is 0 Å². The van der Waals surface area contributed by atoms with Crippen LogP contribution in [0.25, 0.3) is 39.3 Å². The number of aryl methyl sites for hydroxylation is 2. The van der Waals surface area contributed by atoms with Gasteiger partial charge in [-0.1, -0.05) is 55.8 Å². The molecule has 12 nitrogen and oxygen atoms in total. The van der Waals surface area contributed by atoms with Crippen LogP contribution in [0.15, 0.2) is 24.8 Å². The molecule has 5 rings (SSSR count). The number of nitrogens with zero attached hydrogens (tertiary/aromatic N) is 6. The van der Waals surface area contributed by atoms with E-state index >= 15 is 0 Å². The monoisotopic (exact) mass is 797 g/mol. The van der Waals surface area contributed by atoms with Gasteiger partial charge < -0.3 is 35.5 Å². The minimum Gasteiger partial charge on any atom is -0.657 e. The number of carboxylic acid groups (broad SMARTS) is 1. The second-order valence-electron chi connectivity index (χ2n) is 14.9. The molecule has 2 aliphatic heterocycles. The molecule has 0 fully saturated rings. The summed E-state index contributed by atoms with van der Waals surface area (Å²) in [6, 6.07) is 5.80. The average molecular weight is 798 g/mol. The third-order valence-corrected chi connectivity index (χ3v) is 10.6. The largest absolute Gasteiger partial charge is 2.00 e. The summed E-state index contributed by atoms with van der Waals surface area (Å²) in [4.78, 5) is 64.3. The molecule has 8 bridgehead atoms. The Hall–Kier alpha value is -4.55. The summed E-state index contributed by atoms with van der Waals surface area (Å²) in [6.07, 6.45) is 3.04. The van der Waals surface area contributed by atoms with Crippen LogP contribution in [0.1, 0.15) is 107 Å². The number of rotatable bonds is 14. The van der Waals surface area contributed by atoms with Crippen LogP contribution in [-0.4, -0.2) is 97.0 Å². The van der Waals surface area contributed by atoms with E-state index in [4.69, 9.17) is 19.9 Å². The molecular weight excluding hydrogens is 744 g/mol. The Labute approximate surface area is 334 Å². The van der Waals surface area contributed by atoms with E-state index in [9.17, 15) is 19.5 Å². The van der Waals surface area contributed by atoms with Crippen molar-refractivity contribution in [2.75, 3.05) is 54.4 Å². The fourth-order valence-electron chi connectivity index (χ4n) is 7.37. The molecule has 3 N–H and O–H groups in total. The number of allylic oxidation sites excluding steroid dienone is 2. The van der Waals surface area contributed by atoms with Gasteiger partial charge in [-0.25, -0.2) is 9.78 Å². The zero-order valence-corrected chi connectivity index (χ0v) is 34.4. The summed E-state index contributed by atoms with van der Waals surface area (Å²) in [5.41, 5.74) is 9.77. The van der Waals surface area contributed by atoms with E-state index in [0.717, 1.165) is 44.7 Å². The molecule has 13 heteroatoms. The Kier molecular flexibility index (Phi) is 14.4. The number of fused-ring (bicyclic) bond motifs is 8. The van der Waals surface area contributed by atoms with Crippen LogP contribution >= 0.6 is 0 Å². The van der Waals surface area contributed by atoms with Gasteiger partial charge >= 0.3 is 23.0 Å². The van der Waals surface area contributed by atoms with Gasteiger partial charge in [0.05, 0.1) is 17.8 Å². The van der Waals surface area contributed by atoms with E-state index < -0.39 is 5.97 Å². The Morgan fingerprint density at radius 2 is 1.51 bits per heavy atom. The van der Waals surface area contributed by atoms with Crippen LogP contribution in [0.4, 0.5) is 0 Å². The summed E-state index contributed by atoms with van der Waals surface area (Å²) in [7, 11) is 7.77. The van der Waals surface area contributed by atoms with E-state index in [2.05, 4.69) is 31.1 Å². The van der Waals surface area contributed by atoms with Crippen molar-refractivity contribution in [1.82, 2.24) is 40.4 Å². The number of hydrogen-bond donors (Lipinski definition) is 3. The summed E-state index contributed by atoms with van der Waals surface area (Å²) in [5.74, 6) is -1.99. The Morgan fingerprint density at radius 1 is 0.891 bits per heavy atom. The second kappa shape index (κ2) is 18.4. The molecule has 0 spiro atoms. The van der Waals surface area contributed by atoms with Gasteiger partial charge in [-0.15, -0.1) is 22.1 Å². The molecule has 2 aliphatic rings. The number of aromatic carboxylic acids is 1. The van der Waals surface area contributed by atoms with Crippen molar-refractivity contribution in [3.05, 3.63) is 75.4 Å². The number of aromatic nitrogens is 4. The fraction of sp³-hybridized carbons (Fsp3) is 0.452. The third-order valence-electron chi connectivity index (χ3n) is 10.6. The Balaban J connectivity index is 0.00000673. The molecule has 2 atom stereocenters. The molecule has 0 saturated carbocycles. The zero-order valence-electron chi connectivity index (χ0n) is 33.5. The number of hydrogen-bond acceptors (Lipinski definition) is 7. The number of carbonyl (C=O) groups excluding carboxylic acids is 2. The van der Waals surface area contributed by atoms with Gasteiger partial charge in [0.25, 0.3) is 0 Å². The molecule has 0 aliphatic carbocycles. The van der Waals surface area contributed by atoms with Crippen molar-refractivity contribution >= 4 is 57.1 Å². The van der Waals surface area contributed by atoms with Crippen molar-refractivity contribution in [2.45, 2.75) is 72.1 Å². The van der Waals surface area contributed by atoms with Crippen LogP contribution in [-0.2, 0) is 33.1 Å². The Morgan fingerprint density at radius 3 is 2.11 bits per heavy atom. The first kappa shape index (κ1) is 43.2. The number of carbonyl (C=O) groups is 3. The average Bonchev–Trinajstić information content (AvgIpc) is 3.78. The zero-order chi connectivity index (χ0) is 39.4. The van der Waals surface area contributed by atoms with Crippen LogP contribution in [0.2, 0.25) is 0 Å². The minimum absolute atomic E-state index is 0. The molecular formula is C42H54CuN8O4. The van der Waals surface area contributed by atoms with E-state index in [1.165, 1.54) is 0 Å². The van der Waals surface area contributed by atoms with Crippen molar-refractivity contribution in [2.24, 2.45) is 0 Å². The summed E-state index contributed by atoms with van der Waals surface area (Å²) >= 11 is 0. The van der Waals surface area contributed by atoms with Crippen molar-refractivity contribution in [3.8, 4) is 0 Å². The third kappa shape index (κ3) is 9.47. The second-order valence-corrected chi connectivity index (χ2v) is 14.9. The topological polar surface area (TPSA) is 156 Å². The van der Waals surface area contributed by atoms with Crippen LogP contribution in [0, 0.1) is 13.8 Å². The molecule has 3 aromatic heterocycles. The summed E-state index contributed by atoms with van der Waals surface area (Å²) in [5, 5.41) is 16.7. The molecule has 55 heavy (non-hydrogen) atoms. The van der Waals surface area contributed by atoms with Gasteiger partial charge in [-0.2, -0.15) is 0 Å². The van der Waals surface area contributed by atoms with Crippen LogP contribution in [0.5, 0.6) is 0 Å². The molecule has 297 valence electrons. The van der Waals surface area contributed by atoms with Gasteiger partial charge in [-0.3, -0.25) is 14.6 Å². The van der Waals surface area contributed by atoms with Gasteiger partial charge in [0.2, 0.25) is 11.8 Å². The molecule has 0 saturated heterocycles. The first-order valence-corrected chi connectivity index (χ1v) is 18.7. The SMILES string of the molecule is C=Cc1c(C)c2cc3nc(c(CC(=O)NCCN(C)C)c4[n-]c(cc5nc(cc1[n-]2)C(C)=C5CC)c(C)c4C(=O)O)[C@@H](CCC(=O)NCCN(C)C)[C@@H]3C.[Cu+2]. The number of likely N-dealkylation sites (N-methyl/N-ethyl adjacent to an activating group) is 2. The molecule has 0 unspecified atom stereocenters. The molecule has 1 radical (unpaired) electrons. The van der Waals surface area contributed by atoms with Crippen molar-refractivity contribution < 1.29 is 36.6 Å². The maximum atomic E-state index is 13.7. The quantitative estimate of drug-likeness (QED) is 0.180. The smallest absolute Gasteiger partial charge is 0.657 e. The normalized spacial score (nSPS) is 15.3. The molecule has 5 heterocycles. The number of nitrogens with one attached hydrogen (secondary N) is 2. The minimum atomic E-state index is -1.14. The van der Waals surface area contributed by atoms with Gasteiger partial charge in [0, 0.05) is 61.4 Å². The van der Waals surface area contributed by atoms with Crippen molar-refractivity contribution in [1.29, 1.82) is 0 Å².